The highest BCUT2D eigenvalue weighted by Crippen LogP contribution is 2.24. The summed E-state index contributed by atoms with van der Waals surface area (Å²) < 4.78 is 1.54. The van der Waals surface area contributed by atoms with Gasteiger partial charge >= 0.3 is 0 Å². The van der Waals surface area contributed by atoms with Crippen LogP contribution in [-0.4, -0.2) is 21.2 Å². The molecule has 1 aliphatic rings. The monoisotopic (exact) mass is 415 g/mol. The normalized spacial score (nSPS) is 13.2. The van der Waals surface area contributed by atoms with Crippen molar-refractivity contribution in [3.63, 3.8) is 0 Å². The molecule has 158 valence electrons. The number of carbonyl (C=O) groups is 2. The molecule has 1 aromatic carbocycles. The van der Waals surface area contributed by atoms with Crippen LogP contribution in [0.4, 0.5) is 0 Å². The van der Waals surface area contributed by atoms with E-state index in [1.807, 2.05) is 30.3 Å². The highest BCUT2D eigenvalue weighted by molar-refractivity contribution is 6.01. The van der Waals surface area contributed by atoms with Gasteiger partial charge < -0.3 is 5.32 Å². The van der Waals surface area contributed by atoms with Crippen LogP contribution in [0.5, 0.6) is 0 Å². The molecule has 1 amide bonds. The molecule has 0 atom stereocenters. The lowest BCUT2D eigenvalue weighted by atomic mass is 9.92. The van der Waals surface area contributed by atoms with Crippen molar-refractivity contribution >= 4 is 11.7 Å². The largest absolute Gasteiger partial charge is 0.348 e. The predicted octanol–water partition coefficient (Wildman–Crippen LogP) is 3.80. The number of Topliss-reactive ketones (excluding diaryl/α,β-unsaturated/α-hetero) is 1. The highest BCUT2D eigenvalue weighted by atomic mass is 16.2. The molecule has 2 heterocycles. The molecule has 0 unspecified atom stereocenters. The van der Waals surface area contributed by atoms with Crippen molar-refractivity contribution < 1.29 is 9.59 Å². The van der Waals surface area contributed by atoms with Gasteiger partial charge in [0.15, 0.2) is 5.78 Å². The van der Waals surface area contributed by atoms with Gasteiger partial charge in [-0.05, 0) is 54.2 Å². The second-order valence-corrected chi connectivity index (χ2v) is 8.13. The van der Waals surface area contributed by atoms with Gasteiger partial charge in [0.1, 0.15) is 5.56 Å². The standard InChI is InChI=1S/C25H25N3O3/c1-16(2)18-8-10-19(11-9-18)28-22-6-3-7-23(29)20(22)13-21(25(28)31)24(30)27-15-17-5-4-12-26-14-17/h4-5,8-14,16H,3,6-7,15H2,1-2H3,(H,27,30). The topological polar surface area (TPSA) is 81.1 Å². The quantitative estimate of drug-likeness (QED) is 0.687. The minimum atomic E-state index is -0.498. The summed E-state index contributed by atoms with van der Waals surface area (Å²) in [5.74, 6) is -0.163. The molecule has 31 heavy (non-hydrogen) atoms. The van der Waals surface area contributed by atoms with Gasteiger partial charge in [0, 0.05) is 42.3 Å². The summed E-state index contributed by atoms with van der Waals surface area (Å²) in [5.41, 5.74) is 3.37. The first-order valence-corrected chi connectivity index (χ1v) is 10.5. The molecule has 6 nitrogen and oxygen atoms in total. The second kappa shape index (κ2) is 8.68. The Kier molecular flexibility index (Phi) is 5.80. The zero-order valence-electron chi connectivity index (χ0n) is 17.7. The minimum absolute atomic E-state index is 0.0224. The summed E-state index contributed by atoms with van der Waals surface area (Å²) >= 11 is 0. The van der Waals surface area contributed by atoms with Gasteiger partial charge in [-0.15, -0.1) is 0 Å². The summed E-state index contributed by atoms with van der Waals surface area (Å²) in [5, 5.41) is 2.78. The van der Waals surface area contributed by atoms with Crippen LogP contribution in [0.25, 0.3) is 5.69 Å². The third-order valence-electron chi connectivity index (χ3n) is 5.66. The molecule has 0 fully saturated rings. The molecule has 0 spiro atoms. The van der Waals surface area contributed by atoms with E-state index in [1.54, 1.807) is 18.5 Å². The summed E-state index contributed by atoms with van der Waals surface area (Å²) in [6.07, 6.45) is 5.06. The van der Waals surface area contributed by atoms with Gasteiger partial charge in [-0.1, -0.05) is 32.0 Å². The van der Waals surface area contributed by atoms with Crippen molar-refractivity contribution in [1.29, 1.82) is 0 Å². The van der Waals surface area contributed by atoms with E-state index in [9.17, 15) is 14.4 Å². The lowest BCUT2D eigenvalue weighted by Crippen LogP contribution is -2.36. The number of benzene rings is 1. The van der Waals surface area contributed by atoms with Crippen molar-refractivity contribution in [3.8, 4) is 5.69 Å². The number of nitrogens with one attached hydrogen (secondary N) is 1. The summed E-state index contributed by atoms with van der Waals surface area (Å²) in [7, 11) is 0. The van der Waals surface area contributed by atoms with Gasteiger partial charge in [0.05, 0.1) is 0 Å². The zero-order chi connectivity index (χ0) is 22.0. The minimum Gasteiger partial charge on any atom is -0.348 e. The molecule has 4 rings (SSSR count). The molecule has 6 heteroatoms. The van der Waals surface area contributed by atoms with Crippen LogP contribution < -0.4 is 10.9 Å². The summed E-state index contributed by atoms with van der Waals surface area (Å²) in [6.45, 7) is 4.46. The lowest BCUT2D eigenvalue weighted by molar-refractivity contribution is 0.0949. The first-order valence-electron chi connectivity index (χ1n) is 10.5. The Hall–Kier alpha value is -3.54. The maximum atomic E-state index is 13.4. The average Bonchev–Trinajstić information content (AvgIpc) is 2.78. The van der Waals surface area contributed by atoms with Gasteiger partial charge in [0.2, 0.25) is 0 Å². The van der Waals surface area contributed by atoms with Crippen LogP contribution in [0.3, 0.4) is 0 Å². The fraction of sp³-hybridized carbons (Fsp3) is 0.280. The number of rotatable bonds is 5. The molecule has 0 bridgehead atoms. The van der Waals surface area contributed by atoms with E-state index in [4.69, 9.17) is 0 Å². The Labute approximate surface area is 181 Å². The number of fused-ring (bicyclic) bond motifs is 1. The summed E-state index contributed by atoms with van der Waals surface area (Å²) in [6, 6.07) is 12.8. The number of ketones is 1. The van der Waals surface area contributed by atoms with Crippen LogP contribution in [0.1, 0.15) is 70.1 Å². The Balaban J connectivity index is 1.77. The van der Waals surface area contributed by atoms with E-state index < -0.39 is 11.5 Å². The van der Waals surface area contributed by atoms with E-state index in [0.717, 1.165) is 11.1 Å². The van der Waals surface area contributed by atoms with E-state index >= 15 is 0 Å². The van der Waals surface area contributed by atoms with Crippen LogP contribution in [0, 0.1) is 0 Å². The predicted molar refractivity (Wildman–Crippen MR) is 119 cm³/mol. The van der Waals surface area contributed by atoms with E-state index in [1.165, 1.54) is 10.6 Å². The van der Waals surface area contributed by atoms with E-state index in [0.29, 0.717) is 42.1 Å². The van der Waals surface area contributed by atoms with E-state index in [2.05, 4.69) is 24.1 Å². The molecule has 0 saturated heterocycles. The number of carbonyl (C=O) groups excluding carboxylic acids is 2. The number of hydrogen-bond donors (Lipinski definition) is 1. The molecular formula is C25H25N3O3. The third-order valence-corrected chi connectivity index (χ3v) is 5.66. The number of hydrogen-bond acceptors (Lipinski definition) is 4. The fourth-order valence-electron chi connectivity index (χ4n) is 3.92. The van der Waals surface area contributed by atoms with Gasteiger partial charge in [-0.3, -0.25) is 23.9 Å². The first kappa shape index (κ1) is 20.7. The maximum Gasteiger partial charge on any atom is 0.268 e. The molecule has 3 aromatic rings. The van der Waals surface area contributed by atoms with E-state index in [-0.39, 0.29) is 17.9 Å². The Bertz CT molecular complexity index is 1180. The lowest BCUT2D eigenvalue weighted by Gasteiger charge is -2.22. The fourth-order valence-corrected chi connectivity index (χ4v) is 3.92. The van der Waals surface area contributed by atoms with Crippen LogP contribution in [0.15, 0.2) is 59.7 Å². The molecule has 0 aliphatic heterocycles. The maximum absolute atomic E-state index is 13.4. The number of pyridine rings is 2. The molecular weight excluding hydrogens is 390 g/mol. The van der Waals surface area contributed by atoms with Crippen molar-refractivity contribution in [2.24, 2.45) is 0 Å². The van der Waals surface area contributed by atoms with Crippen molar-refractivity contribution in [2.45, 2.75) is 45.6 Å². The first-order chi connectivity index (χ1) is 15.0. The van der Waals surface area contributed by atoms with Crippen LogP contribution >= 0.6 is 0 Å². The SMILES string of the molecule is CC(C)c1ccc(-n2c3c(cc(C(=O)NCc4cccnc4)c2=O)C(=O)CCC3)cc1. The zero-order valence-corrected chi connectivity index (χ0v) is 17.7. The Morgan fingerprint density at radius 1 is 1.13 bits per heavy atom. The Morgan fingerprint density at radius 3 is 2.58 bits per heavy atom. The molecule has 0 saturated carbocycles. The molecule has 1 N–H and O–H groups in total. The van der Waals surface area contributed by atoms with Crippen molar-refractivity contribution in [1.82, 2.24) is 14.9 Å². The van der Waals surface area contributed by atoms with Crippen molar-refractivity contribution in [3.05, 3.63) is 93.2 Å². The number of aromatic nitrogens is 2. The molecule has 0 radical (unpaired) electrons. The summed E-state index contributed by atoms with van der Waals surface area (Å²) in [4.78, 5) is 43.0. The van der Waals surface area contributed by atoms with Crippen LogP contribution in [0.2, 0.25) is 0 Å². The molecule has 2 aromatic heterocycles. The van der Waals surface area contributed by atoms with Gasteiger partial charge in [0.25, 0.3) is 11.5 Å². The molecule has 1 aliphatic carbocycles. The smallest absolute Gasteiger partial charge is 0.268 e. The second-order valence-electron chi connectivity index (χ2n) is 8.13. The van der Waals surface area contributed by atoms with Gasteiger partial charge in [-0.25, -0.2) is 0 Å². The number of nitrogens with zero attached hydrogens (tertiary/aromatic N) is 2. The van der Waals surface area contributed by atoms with Crippen LogP contribution in [-0.2, 0) is 13.0 Å². The Morgan fingerprint density at radius 2 is 1.90 bits per heavy atom. The highest BCUT2D eigenvalue weighted by Gasteiger charge is 2.26. The number of amides is 1. The third kappa shape index (κ3) is 4.19. The van der Waals surface area contributed by atoms with Crippen molar-refractivity contribution in [2.75, 3.05) is 0 Å². The average molecular weight is 415 g/mol. The van der Waals surface area contributed by atoms with Gasteiger partial charge in [-0.2, -0.15) is 0 Å².